The molecule has 182 valence electrons. The maximum absolute atomic E-state index is 6.98. The molecule has 3 heteroatoms. The van der Waals surface area contributed by atoms with Crippen molar-refractivity contribution in [1.82, 2.24) is 4.98 Å². The number of hydrogen-bond donors (Lipinski definition) is 0. The van der Waals surface area contributed by atoms with Gasteiger partial charge in [0.1, 0.15) is 18.7 Å². The highest BCUT2D eigenvalue weighted by Crippen LogP contribution is 2.49. The summed E-state index contributed by atoms with van der Waals surface area (Å²) in [5, 5.41) is 1.21. The predicted molar refractivity (Wildman–Crippen MR) is 146 cm³/mol. The summed E-state index contributed by atoms with van der Waals surface area (Å²) in [4.78, 5) is 4.67. The Morgan fingerprint density at radius 1 is 0.917 bits per heavy atom. The second-order valence-corrected chi connectivity index (χ2v) is 10.7. The summed E-state index contributed by atoms with van der Waals surface area (Å²) >= 11 is 0. The van der Waals surface area contributed by atoms with Crippen molar-refractivity contribution in [2.45, 2.75) is 38.1 Å². The molecule has 7 rings (SSSR count). The highest BCUT2D eigenvalue weighted by Gasteiger charge is 2.54. The van der Waals surface area contributed by atoms with Crippen LogP contribution in [0.4, 0.5) is 0 Å². The molecule has 36 heavy (non-hydrogen) atoms. The van der Waals surface area contributed by atoms with Crippen LogP contribution < -0.4 is 0 Å². The van der Waals surface area contributed by atoms with Crippen LogP contribution in [0.1, 0.15) is 35.6 Å². The van der Waals surface area contributed by atoms with Crippen LogP contribution in [0.15, 0.2) is 110 Å². The Hall–Kier alpha value is -3.27. The molecule has 4 heterocycles. The fraction of sp³-hybridized carbons (Fsp3) is 0.303. The lowest BCUT2D eigenvalue weighted by atomic mass is 9.71. The van der Waals surface area contributed by atoms with E-state index in [0.717, 1.165) is 23.1 Å². The van der Waals surface area contributed by atoms with E-state index in [-0.39, 0.29) is 6.10 Å². The van der Waals surface area contributed by atoms with Crippen molar-refractivity contribution in [3.8, 4) is 0 Å². The molecule has 0 saturated carbocycles. The Balaban J connectivity index is 1.44. The van der Waals surface area contributed by atoms with E-state index < -0.39 is 0 Å². The largest absolute Gasteiger partial charge is 0.363 e. The first-order chi connectivity index (χ1) is 17.8. The topological polar surface area (TPSA) is 22.1 Å². The fourth-order valence-corrected chi connectivity index (χ4v) is 6.85. The quantitative estimate of drug-likeness (QED) is 0.200. The first-order valence-corrected chi connectivity index (χ1v) is 13.3. The van der Waals surface area contributed by atoms with Gasteiger partial charge < -0.3 is 9.22 Å². The van der Waals surface area contributed by atoms with Crippen LogP contribution in [-0.2, 0) is 17.9 Å². The van der Waals surface area contributed by atoms with Crippen LogP contribution in [0.5, 0.6) is 0 Å². The molecule has 0 aliphatic carbocycles. The number of fused-ring (bicyclic) bond motifs is 4. The van der Waals surface area contributed by atoms with E-state index in [1.807, 2.05) is 6.20 Å². The van der Waals surface area contributed by atoms with Gasteiger partial charge in [-0.15, -0.1) is 6.58 Å². The van der Waals surface area contributed by atoms with Gasteiger partial charge in [0.05, 0.1) is 25.2 Å². The minimum absolute atomic E-state index is 0.00427. The molecule has 0 spiro atoms. The van der Waals surface area contributed by atoms with Crippen LogP contribution in [0.25, 0.3) is 10.9 Å². The van der Waals surface area contributed by atoms with Crippen molar-refractivity contribution < 1.29 is 9.22 Å². The fourth-order valence-electron chi connectivity index (χ4n) is 6.85. The molecular formula is C33H35N2O+. The lowest BCUT2D eigenvalue weighted by molar-refractivity contribution is -0.985. The third-order valence-corrected chi connectivity index (χ3v) is 8.63. The molecule has 1 aromatic heterocycles. The van der Waals surface area contributed by atoms with E-state index in [9.17, 15) is 0 Å². The number of pyridine rings is 1. The minimum atomic E-state index is -0.00427. The predicted octanol–water partition coefficient (Wildman–Crippen LogP) is 7.10. The lowest BCUT2D eigenvalue weighted by Crippen LogP contribution is -2.67. The molecule has 3 saturated heterocycles. The van der Waals surface area contributed by atoms with Gasteiger partial charge in [-0.3, -0.25) is 4.98 Å². The highest BCUT2D eigenvalue weighted by molar-refractivity contribution is 5.82. The second kappa shape index (κ2) is 10.0. The van der Waals surface area contributed by atoms with Crippen molar-refractivity contribution in [2.24, 2.45) is 11.8 Å². The molecular weight excluding hydrogens is 440 g/mol. The summed E-state index contributed by atoms with van der Waals surface area (Å²) in [7, 11) is 0. The maximum Gasteiger partial charge on any atom is 0.135 e. The Labute approximate surface area is 214 Å². The molecule has 3 fully saturated rings. The van der Waals surface area contributed by atoms with Crippen molar-refractivity contribution in [1.29, 1.82) is 0 Å². The van der Waals surface area contributed by atoms with Crippen molar-refractivity contribution >= 4 is 10.9 Å². The summed E-state index contributed by atoms with van der Waals surface area (Å²) in [6.45, 7) is 8.22. The minimum Gasteiger partial charge on any atom is -0.363 e. The third kappa shape index (κ3) is 4.38. The number of quaternary nitrogens is 1. The zero-order valence-corrected chi connectivity index (χ0v) is 20.9. The number of hydrogen-bond acceptors (Lipinski definition) is 2. The molecule has 3 aliphatic heterocycles. The van der Waals surface area contributed by atoms with Crippen LogP contribution in [-0.4, -0.2) is 28.6 Å². The molecule has 4 aromatic rings. The number of piperidine rings is 3. The van der Waals surface area contributed by atoms with Gasteiger partial charge in [0, 0.05) is 35.9 Å². The number of ether oxygens (including phenoxy) is 1. The standard InChI is InChI=1S/C33H35N2O/c1-2-27-23-35(22-25-11-5-3-6-12-25)20-18-28(27)21-32(35)33(36-24-26-13-7-4-8-14-26)30-17-19-34-31-16-10-9-15-29(30)31/h2-17,19,27-28,32-33H,1,18,20-24H2/q+1/t27-,28-,32+,33-,35?/m0/s1. The lowest BCUT2D eigenvalue weighted by Gasteiger charge is -2.58. The number of nitrogens with zero attached hydrogens (tertiary/aromatic N) is 2. The zero-order chi connectivity index (χ0) is 24.4. The average molecular weight is 476 g/mol. The summed E-state index contributed by atoms with van der Waals surface area (Å²) in [6, 6.07) is 32.7. The van der Waals surface area contributed by atoms with Crippen LogP contribution in [0, 0.1) is 11.8 Å². The van der Waals surface area contributed by atoms with Crippen LogP contribution in [0.2, 0.25) is 0 Å². The Kier molecular flexibility index (Phi) is 6.43. The van der Waals surface area contributed by atoms with Gasteiger partial charge in [0.15, 0.2) is 0 Å². The van der Waals surface area contributed by atoms with Crippen molar-refractivity contribution in [3.05, 3.63) is 127 Å². The van der Waals surface area contributed by atoms with E-state index in [1.54, 1.807) is 0 Å². The normalized spacial score (nSPS) is 26.1. The summed E-state index contributed by atoms with van der Waals surface area (Å²) in [6.07, 6.45) is 6.61. The number of aromatic nitrogens is 1. The van der Waals surface area contributed by atoms with E-state index in [0.29, 0.717) is 24.5 Å². The summed E-state index contributed by atoms with van der Waals surface area (Å²) < 4.78 is 8.04. The Bertz CT molecular complexity index is 1320. The smallest absolute Gasteiger partial charge is 0.135 e. The first-order valence-electron chi connectivity index (χ1n) is 13.3. The monoisotopic (exact) mass is 475 g/mol. The van der Waals surface area contributed by atoms with Gasteiger partial charge in [0.2, 0.25) is 0 Å². The van der Waals surface area contributed by atoms with Crippen molar-refractivity contribution in [2.75, 3.05) is 13.1 Å². The van der Waals surface area contributed by atoms with Gasteiger partial charge in [-0.1, -0.05) is 84.9 Å². The highest BCUT2D eigenvalue weighted by atomic mass is 16.5. The van der Waals surface area contributed by atoms with Crippen LogP contribution >= 0.6 is 0 Å². The van der Waals surface area contributed by atoms with E-state index >= 15 is 0 Å². The summed E-state index contributed by atoms with van der Waals surface area (Å²) in [5.41, 5.74) is 4.94. The molecule has 2 bridgehead atoms. The Morgan fingerprint density at radius 3 is 2.42 bits per heavy atom. The van der Waals surface area contributed by atoms with E-state index in [1.165, 1.54) is 41.5 Å². The Morgan fingerprint density at radius 2 is 1.64 bits per heavy atom. The first kappa shape index (κ1) is 23.1. The maximum atomic E-state index is 6.98. The third-order valence-electron chi connectivity index (χ3n) is 8.63. The van der Waals surface area contributed by atoms with Gasteiger partial charge in [-0.2, -0.15) is 0 Å². The second-order valence-electron chi connectivity index (χ2n) is 10.7. The van der Waals surface area contributed by atoms with Crippen molar-refractivity contribution in [3.63, 3.8) is 0 Å². The van der Waals surface area contributed by atoms with Gasteiger partial charge in [-0.05, 0) is 29.2 Å². The van der Waals surface area contributed by atoms with Gasteiger partial charge in [0.25, 0.3) is 0 Å². The number of para-hydroxylation sites is 1. The SMILES string of the molecule is C=C[C@H]1C[N+]2(Cc3ccccc3)CC[C@H]1C[C@@H]2[C@@H](OCc1ccccc1)c1ccnc2ccccc12. The molecule has 0 radical (unpaired) electrons. The summed E-state index contributed by atoms with van der Waals surface area (Å²) in [5.74, 6) is 1.25. The van der Waals surface area contributed by atoms with E-state index in [2.05, 4.69) is 109 Å². The van der Waals surface area contributed by atoms with Gasteiger partial charge in [-0.25, -0.2) is 0 Å². The number of benzene rings is 3. The molecule has 5 atom stereocenters. The van der Waals surface area contributed by atoms with Crippen LogP contribution in [0.3, 0.4) is 0 Å². The molecule has 0 N–H and O–H groups in total. The number of rotatable bonds is 8. The van der Waals surface area contributed by atoms with Gasteiger partial charge >= 0.3 is 0 Å². The van der Waals surface area contributed by atoms with E-state index in [4.69, 9.17) is 4.74 Å². The molecule has 3 aromatic carbocycles. The molecule has 3 aliphatic rings. The molecule has 1 unspecified atom stereocenters. The molecule has 3 nitrogen and oxygen atoms in total. The average Bonchev–Trinajstić information content (AvgIpc) is 2.94. The molecule has 0 amide bonds. The zero-order valence-electron chi connectivity index (χ0n) is 20.9.